The van der Waals surface area contributed by atoms with Gasteiger partial charge in [0.1, 0.15) is 0 Å². The van der Waals surface area contributed by atoms with Crippen LogP contribution in [-0.2, 0) is 0 Å². The molecule has 1 N–H and O–H groups in total. The molecule has 0 aliphatic rings. The van der Waals surface area contributed by atoms with Crippen LogP contribution in [-0.4, -0.2) is 12.1 Å². The van der Waals surface area contributed by atoms with Gasteiger partial charge in [0.15, 0.2) is 0 Å². The fourth-order valence-electron chi connectivity index (χ4n) is 1.72. The molecule has 0 bridgehead atoms. The van der Waals surface area contributed by atoms with Crippen LogP contribution >= 0.6 is 11.6 Å². The molecular formula is C16H15ClN2O. The minimum Gasteiger partial charge on any atom is -0.267 e. The molecule has 0 saturated heterocycles. The second kappa shape index (κ2) is 6.87. The van der Waals surface area contributed by atoms with Crippen molar-refractivity contribution in [2.45, 2.75) is 12.8 Å². The Labute approximate surface area is 123 Å². The van der Waals surface area contributed by atoms with Gasteiger partial charge in [0.05, 0.1) is 0 Å². The number of hydrazone groups is 1. The van der Waals surface area contributed by atoms with E-state index >= 15 is 0 Å². The van der Waals surface area contributed by atoms with E-state index < -0.39 is 0 Å². The lowest BCUT2D eigenvalue weighted by Crippen LogP contribution is -2.17. The minimum absolute atomic E-state index is 0.140. The summed E-state index contributed by atoms with van der Waals surface area (Å²) in [6.45, 7) is 2.02. The van der Waals surface area contributed by atoms with E-state index in [1.807, 2.05) is 37.3 Å². The molecule has 0 aliphatic heterocycles. The van der Waals surface area contributed by atoms with Crippen LogP contribution in [0.5, 0.6) is 0 Å². The van der Waals surface area contributed by atoms with Crippen molar-refractivity contribution >= 4 is 23.7 Å². The monoisotopic (exact) mass is 286 g/mol. The summed E-state index contributed by atoms with van der Waals surface area (Å²) in [5, 5.41) is 4.59. The molecular weight excluding hydrogens is 272 g/mol. The van der Waals surface area contributed by atoms with Crippen molar-refractivity contribution < 1.29 is 4.79 Å². The molecule has 2 aromatic rings. The molecule has 102 valence electrons. The maximum Gasteiger partial charge on any atom is 0.271 e. The summed E-state index contributed by atoms with van der Waals surface area (Å²) in [7, 11) is 0. The molecule has 20 heavy (non-hydrogen) atoms. The summed E-state index contributed by atoms with van der Waals surface area (Å²) in [6.07, 6.45) is 1.71. The van der Waals surface area contributed by atoms with Gasteiger partial charge in [-0.25, -0.2) is 5.43 Å². The largest absolute Gasteiger partial charge is 0.271 e. The maximum absolute atomic E-state index is 11.8. The highest BCUT2D eigenvalue weighted by Gasteiger charge is 2.04. The lowest BCUT2D eigenvalue weighted by Gasteiger charge is -2.05. The predicted octanol–water partition coefficient (Wildman–Crippen LogP) is 3.86. The van der Waals surface area contributed by atoms with Crippen molar-refractivity contribution in [3.63, 3.8) is 0 Å². The Morgan fingerprint density at radius 3 is 2.45 bits per heavy atom. The molecule has 4 heteroatoms. The number of rotatable bonds is 4. The first-order valence-electron chi connectivity index (χ1n) is 6.31. The van der Waals surface area contributed by atoms with E-state index in [1.54, 1.807) is 30.5 Å². The molecule has 1 atom stereocenters. The second-order valence-corrected chi connectivity index (χ2v) is 4.86. The average Bonchev–Trinajstić information content (AvgIpc) is 2.48. The van der Waals surface area contributed by atoms with Crippen molar-refractivity contribution in [3.8, 4) is 0 Å². The van der Waals surface area contributed by atoms with E-state index in [0.29, 0.717) is 10.6 Å². The molecule has 0 radical (unpaired) electrons. The summed E-state index contributed by atoms with van der Waals surface area (Å²) in [5.74, 6) is -0.111. The van der Waals surface area contributed by atoms with Gasteiger partial charge in [-0.05, 0) is 29.8 Å². The van der Waals surface area contributed by atoms with Crippen LogP contribution in [0.2, 0.25) is 5.02 Å². The van der Waals surface area contributed by atoms with Crippen molar-refractivity contribution in [1.29, 1.82) is 0 Å². The molecule has 3 nitrogen and oxygen atoms in total. The van der Waals surface area contributed by atoms with E-state index in [2.05, 4.69) is 10.5 Å². The van der Waals surface area contributed by atoms with Gasteiger partial charge in [0.2, 0.25) is 0 Å². The van der Waals surface area contributed by atoms with Gasteiger partial charge in [-0.3, -0.25) is 4.79 Å². The Morgan fingerprint density at radius 1 is 1.15 bits per heavy atom. The molecule has 2 rings (SSSR count). The number of hydrogen-bond donors (Lipinski definition) is 1. The smallest absolute Gasteiger partial charge is 0.267 e. The van der Waals surface area contributed by atoms with Gasteiger partial charge in [0, 0.05) is 22.7 Å². The Hall–Kier alpha value is -2.13. The van der Waals surface area contributed by atoms with Crippen molar-refractivity contribution in [1.82, 2.24) is 5.43 Å². The van der Waals surface area contributed by atoms with Crippen molar-refractivity contribution in [2.75, 3.05) is 0 Å². The van der Waals surface area contributed by atoms with E-state index in [4.69, 9.17) is 11.6 Å². The molecule has 2 aromatic carbocycles. The van der Waals surface area contributed by atoms with Crippen LogP contribution in [0.15, 0.2) is 59.7 Å². The highest BCUT2D eigenvalue weighted by Crippen LogP contribution is 2.12. The van der Waals surface area contributed by atoms with E-state index in [1.165, 1.54) is 0 Å². The minimum atomic E-state index is -0.252. The third kappa shape index (κ3) is 3.93. The number of benzene rings is 2. The van der Waals surface area contributed by atoms with Crippen LogP contribution in [0.3, 0.4) is 0 Å². The number of nitrogens with zero attached hydrogens (tertiary/aromatic N) is 1. The molecule has 0 aliphatic carbocycles. The third-order valence-electron chi connectivity index (χ3n) is 2.90. The van der Waals surface area contributed by atoms with Gasteiger partial charge in [-0.1, -0.05) is 48.9 Å². The standard InChI is InChI=1S/C16H15ClN2O/c1-12(13-5-3-2-4-6-13)11-18-19-16(20)14-7-9-15(17)10-8-14/h2-12H,1H3,(H,19,20)/b18-11-. The molecule has 1 amide bonds. The number of halogens is 1. The SMILES string of the molecule is CC(/C=N\NC(=O)c1ccc(Cl)cc1)c1ccccc1. The quantitative estimate of drug-likeness (QED) is 0.673. The van der Waals surface area contributed by atoms with Crippen LogP contribution < -0.4 is 5.43 Å². The van der Waals surface area contributed by atoms with Gasteiger partial charge in [0.25, 0.3) is 5.91 Å². The molecule has 0 fully saturated rings. The van der Waals surface area contributed by atoms with Crippen molar-refractivity contribution in [3.05, 3.63) is 70.7 Å². The summed E-state index contributed by atoms with van der Waals surface area (Å²) < 4.78 is 0. The first kappa shape index (κ1) is 14.3. The topological polar surface area (TPSA) is 41.5 Å². The average molecular weight is 287 g/mol. The highest BCUT2D eigenvalue weighted by atomic mass is 35.5. The second-order valence-electron chi connectivity index (χ2n) is 4.43. The highest BCUT2D eigenvalue weighted by molar-refractivity contribution is 6.30. The van der Waals surface area contributed by atoms with E-state index in [9.17, 15) is 4.79 Å². The Kier molecular flexibility index (Phi) is 4.91. The van der Waals surface area contributed by atoms with Crippen LogP contribution in [0.1, 0.15) is 28.8 Å². The van der Waals surface area contributed by atoms with Gasteiger partial charge in [-0.15, -0.1) is 0 Å². The number of carbonyl (C=O) groups is 1. The zero-order chi connectivity index (χ0) is 14.4. The zero-order valence-corrected chi connectivity index (χ0v) is 11.8. The molecule has 0 heterocycles. The summed E-state index contributed by atoms with van der Waals surface area (Å²) >= 11 is 5.77. The van der Waals surface area contributed by atoms with Crippen LogP contribution in [0, 0.1) is 0 Å². The van der Waals surface area contributed by atoms with Gasteiger partial charge < -0.3 is 0 Å². The Bertz CT molecular complexity index is 594. The summed E-state index contributed by atoms with van der Waals surface area (Å²) in [4.78, 5) is 11.8. The first-order chi connectivity index (χ1) is 9.66. The van der Waals surface area contributed by atoms with E-state index in [0.717, 1.165) is 5.56 Å². The molecule has 0 spiro atoms. The molecule has 0 aromatic heterocycles. The normalized spacial score (nSPS) is 12.3. The van der Waals surface area contributed by atoms with E-state index in [-0.39, 0.29) is 11.8 Å². The summed E-state index contributed by atoms with van der Waals surface area (Å²) in [6, 6.07) is 16.6. The lowest BCUT2D eigenvalue weighted by molar-refractivity contribution is 0.0955. The Balaban J connectivity index is 1.93. The molecule has 0 saturated carbocycles. The maximum atomic E-state index is 11.8. The lowest BCUT2D eigenvalue weighted by atomic mass is 10.0. The molecule has 1 unspecified atom stereocenters. The number of hydrogen-bond acceptors (Lipinski definition) is 2. The summed E-state index contributed by atoms with van der Waals surface area (Å²) in [5.41, 5.74) is 4.18. The van der Waals surface area contributed by atoms with Gasteiger partial charge >= 0.3 is 0 Å². The number of amides is 1. The van der Waals surface area contributed by atoms with Crippen LogP contribution in [0.25, 0.3) is 0 Å². The number of nitrogens with one attached hydrogen (secondary N) is 1. The third-order valence-corrected chi connectivity index (χ3v) is 3.15. The Morgan fingerprint density at radius 2 is 1.80 bits per heavy atom. The predicted molar refractivity (Wildman–Crippen MR) is 82.3 cm³/mol. The van der Waals surface area contributed by atoms with Gasteiger partial charge in [-0.2, -0.15) is 5.10 Å². The van der Waals surface area contributed by atoms with Crippen molar-refractivity contribution in [2.24, 2.45) is 5.10 Å². The number of carbonyl (C=O) groups excluding carboxylic acids is 1. The first-order valence-corrected chi connectivity index (χ1v) is 6.68. The fraction of sp³-hybridized carbons (Fsp3) is 0.125. The van der Waals surface area contributed by atoms with Crippen LogP contribution in [0.4, 0.5) is 0 Å². The fourth-order valence-corrected chi connectivity index (χ4v) is 1.84. The zero-order valence-electron chi connectivity index (χ0n) is 11.1.